The SMILES string of the molecule is CC(=O)OCC(=O)C1(O)C(C)CC2C3CC(F)C4=CC(=O)C=CC4(C)C3=CCC21C. The summed E-state index contributed by atoms with van der Waals surface area (Å²) in [7, 11) is 0. The molecule has 162 valence electrons. The molecule has 0 aromatic heterocycles. The molecule has 0 aromatic carbocycles. The van der Waals surface area contributed by atoms with Gasteiger partial charge in [0.2, 0.25) is 5.78 Å². The minimum absolute atomic E-state index is 0.0820. The molecule has 2 fully saturated rings. The number of alkyl halides is 1. The first kappa shape index (κ1) is 21.2. The third kappa shape index (κ3) is 2.65. The first-order valence-electron chi connectivity index (χ1n) is 10.6. The second-order valence-electron chi connectivity index (χ2n) is 9.84. The van der Waals surface area contributed by atoms with Crippen molar-refractivity contribution in [1.82, 2.24) is 0 Å². The first-order valence-corrected chi connectivity index (χ1v) is 10.6. The maximum absolute atomic E-state index is 15.3. The summed E-state index contributed by atoms with van der Waals surface area (Å²) in [4.78, 5) is 36.1. The van der Waals surface area contributed by atoms with Crippen LogP contribution < -0.4 is 0 Å². The first-order chi connectivity index (χ1) is 13.9. The number of ketones is 2. The Morgan fingerprint density at radius 3 is 2.63 bits per heavy atom. The van der Waals surface area contributed by atoms with E-state index in [4.69, 9.17) is 4.74 Å². The monoisotopic (exact) mass is 416 g/mol. The van der Waals surface area contributed by atoms with E-state index in [1.54, 1.807) is 6.08 Å². The number of ether oxygens (including phenoxy) is 1. The van der Waals surface area contributed by atoms with Crippen LogP contribution in [-0.4, -0.2) is 41.0 Å². The van der Waals surface area contributed by atoms with E-state index >= 15 is 4.39 Å². The molecule has 2 saturated carbocycles. The number of allylic oxidation sites excluding steroid dienone is 6. The van der Waals surface area contributed by atoms with Crippen molar-refractivity contribution in [2.45, 2.75) is 58.7 Å². The number of aliphatic hydroxyl groups is 1. The van der Waals surface area contributed by atoms with Gasteiger partial charge in [-0.3, -0.25) is 14.4 Å². The summed E-state index contributed by atoms with van der Waals surface area (Å²) in [5.41, 5.74) is -1.48. The molecule has 0 radical (unpaired) electrons. The van der Waals surface area contributed by atoms with Crippen molar-refractivity contribution in [2.75, 3.05) is 6.61 Å². The summed E-state index contributed by atoms with van der Waals surface area (Å²) < 4.78 is 20.2. The standard InChI is InChI=1S/C24H29FO5/c1-13-9-18-16-11-20(25)19-10-15(27)5-7-22(19,3)17(16)6-8-23(18,4)24(13,29)21(28)12-30-14(2)26/h5-7,10,13,16,18,20,29H,8-9,11-12H2,1-4H3. The lowest BCUT2D eigenvalue weighted by atomic mass is 9.51. The van der Waals surface area contributed by atoms with E-state index in [0.717, 1.165) is 5.57 Å². The summed E-state index contributed by atoms with van der Waals surface area (Å²) in [5.74, 6) is -1.80. The zero-order valence-electron chi connectivity index (χ0n) is 17.9. The molecule has 30 heavy (non-hydrogen) atoms. The van der Waals surface area contributed by atoms with Gasteiger partial charge in [-0.25, -0.2) is 4.39 Å². The molecule has 4 aliphatic carbocycles. The molecule has 0 aliphatic heterocycles. The fourth-order valence-corrected chi connectivity index (χ4v) is 6.75. The van der Waals surface area contributed by atoms with Gasteiger partial charge in [0, 0.05) is 17.8 Å². The molecule has 0 aromatic rings. The van der Waals surface area contributed by atoms with Gasteiger partial charge in [-0.05, 0) is 61.7 Å². The Hall–Kier alpha value is -2.08. The maximum atomic E-state index is 15.3. The van der Waals surface area contributed by atoms with Crippen LogP contribution >= 0.6 is 0 Å². The molecular weight excluding hydrogens is 387 g/mol. The topological polar surface area (TPSA) is 80.7 Å². The number of carbonyl (C=O) groups excluding carboxylic acids is 3. The smallest absolute Gasteiger partial charge is 0.303 e. The Bertz CT molecular complexity index is 917. The highest BCUT2D eigenvalue weighted by Gasteiger charge is 2.67. The van der Waals surface area contributed by atoms with Crippen LogP contribution in [0.1, 0.15) is 47.0 Å². The van der Waals surface area contributed by atoms with Crippen LogP contribution in [0.5, 0.6) is 0 Å². The van der Waals surface area contributed by atoms with E-state index in [1.165, 1.54) is 19.1 Å². The predicted molar refractivity (Wildman–Crippen MR) is 108 cm³/mol. The van der Waals surface area contributed by atoms with Gasteiger partial charge >= 0.3 is 5.97 Å². The molecule has 4 rings (SSSR count). The van der Waals surface area contributed by atoms with Crippen LogP contribution in [0.2, 0.25) is 0 Å². The van der Waals surface area contributed by atoms with E-state index in [2.05, 4.69) is 0 Å². The lowest BCUT2D eigenvalue weighted by Crippen LogP contribution is -2.58. The summed E-state index contributed by atoms with van der Waals surface area (Å²) in [6.07, 6.45) is 6.83. The molecule has 0 saturated heterocycles. The van der Waals surface area contributed by atoms with Crippen molar-refractivity contribution in [3.05, 3.63) is 35.5 Å². The number of hydrogen-bond acceptors (Lipinski definition) is 5. The highest BCUT2D eigenvalue weighted by atomic mass is 19.1. The number of rotatable bonds is 3. The van der Waals surface area contributed by atoms with Crippen molar-refractivity contribution < 1.29 is 28.6 Å². The Labute approximate surface area is 176 Å². The van der Waals surface area contributed by atoms with Crippen molar-refractivity contribution in [1.29, 1.82) is 0 Å². The van der Waals surface area contributed by atoms with Gasteiger partial charge in [-0.2, -0.15) is 0 Å². The van der Waals surface area contributed by atoms with Crippen LogP contribution in [0.3, 0.4) is 0 Å². The quantitative estimate of drug-likeness (QED) is 0.564. The molecule has 5 nitrogen and oxygen atoms in total. The molecule has 0 spiro atoms. The molecule has 7 atom stereocenters. The van der Waals surface area contributed by atoms with E-state index in [-0.39, 0.29) is 30.0 Å². The highest BCUT2D eigenvalue weighted by molar-refractivity contribution is 6.01. The Balaban J connectivity index is 1.74. The van der Waals surface area contributed by atoms with Crippen LogP contribution in [0.4, 0.5) is 4.39 Å². The molecule has 0 heterocycles. The lowest BCUT2D eigenvalue weighted by molar-refractivity contribution is -0.167. The molecule has 4 aliphatic rings. The van der Waals surface area contributed by atoms with Gasteiger partial charge < -0.3 is 9.84 Å². The van der Waals surface area contributed by atoms with Gasteiger partial charge in [-0.15, -0.1) is 0 Å². The third-order valence-electron chi connectivity index (χ3n) is 8.35. The van der Waals surface area contributed by atoms with Gasteiger partial charge in [0.15, 0.2) is 12.4 Å². The Morgan fingerprint density at radius 1 is 1.27 bits per heavy atom. The molecule has 6 heteroatoms. The lowest BCUT2D eigenvalue weighted by Gasteiger charge is -2.54. The van der Waals surface area contributed by atoms with E-state index in [1.807, 2.05) is 26.8 Å². The Kier molecular flexibility index (Phi) is 4.73. The van der Waals surface area contributed by atoms with Gasteiger partial charge in [-0.1, -0.05) is 31.6 Å². The fourth-order valence-electron chi connectivity index (χ4n) is 6.75. The minimum Gasteiger partial charge on any atom is -0.458 e. The number of fused-ring (bicyclic) bond motifs is 5. The molecule has 0 bridgehead atoms. The average Bonchev–Trinajstić information content (AvgIpc) is 2.89. The van der Waals surface area contributed by atoms with Crippen molar-refractivity contribution in [3.63, 3.8) is 0 Å². The fraction of sp³-hybridized carbons (Fsp3) is 0.625. The number of Topliss-reactive ketones (excluding diaryl/α,β-unsaturated/α-hetero) is 1. The highest BCUT2D eigenvalue weighted by Crippen LogP contribution is 2.66. The van der Waals surface area contributed by atoms with E-state index in [0.29, 0.717) is 18.4 Å². The number of carbonyl (C=O) groups is 3. The molecule has 7 unspecified atom stereocenters. The molecular formula is C24H29FO5. The normalized spacial score (nSPS) is 44.4. The average molecular weight is 416 g/mol. The summed E-state index contributed by atoms with van der Waals surface area (Å²) in [6, 6.07) is 0. The van der Waals surface area contributed by atoms with Crippen LogP contribution in [0.25, 0.3) is 0 Å². The van der Waals surface area contributed by atoms with Crippen LogP contribution in [0, 0.1) is 28.6 Å². The summed E-state index contributed by atoms with van der Waals surface area (Å²) in [5, 5.41) is 11.6. The minimum atomic E-state index is -1.64. The van der Waals surface area contributed by atoms with E-state index in [9.17, 15) is 19.5 Å². The largest absolute Gasteiger partial charge is 0.458 e. The summed E-state index contributed by atoms with van der Waals surface area (Å²) in [6.45, 7) is 6.47. The van der Waals surface area contributed by atoms with Crippen LogP contribution in [-0.2, 0) is 19.1 Å². The third-order valence-corrected chi connectivity index (χ3v) is 8.35. The zero-order valence-corrected chi connectivity index (χ0v) is 17.9. The van der Waals surface area contributed by atoms with Crippen molar-refractivity contribution >= 4 is 17.5 Å². The Morgan fingerprint density at radius 2 is 1.97 bits per heavy atom. The number of esters is 1. The molecule has 1 N–H and O–H groups in total. The predicted octanol–water partition coefficient (Wildman–Crippen LogP) is 3.27. The van der Waals surface area contributed by atoms with E-state index < -0.39 is 41.0 Å². The number of halogens is 1. The second-order valence-corrected chi connectivity index (χ2v) is 9.84. The second kappa shape index (κ2) is 6.71. The number of hydrogen-bond donors (Lipinski definition) is 1. The summed E-state index contributed by atoms with van der Waals surface area (Å²) >= 11 is 0. The zero-order chi connectivity index (χ0) is 22.1. The van der Waals surface area contributed by atoms with Crippen LogP contribution in [0.15, 0.2) is 35.5 Å². The van der Waals surface area contributed by atoms with Gasteiger partial charge in [0.1, 0.15) is 11.8 Å². The van der Waals surface area contributed by atoms with Gasteiger partial charge in [0.05, 0.1) is 0 Å². The van der Waals surface area contributed by atoms with Gasteiger partial charge in [0.25, 0.3) is 0 Å². The maximum Gasteiger partial charge on any atom is 0.303 e. The molecule has 0 amide bonds. The van der Waals surface area contributed by atoms with Crippen molar-refractivity contribution in [2.24, 2.45) is 28.6 Å². The van der Waals surface area contributed by atoms with Crippen molar-refractivity contribution in [3.8, 4) is 0 Å².